The molecule has 17 heavy (non-hydrogen) atoms. The normalized spacial score (nSPS) is 12.7. The number of rotatable bonds is 6. The fourth-order valence-corrected chi connectivity index (χ4v) is 1.74. The van der Waals surface area contributed by atoms with Gasteiger partial charge in [0.05, 0.1) is 29.4 Å². The SMILES string of the molecule is Cc1nn(C[C@H](C)NCCC(=O)O)c(C)c1Cl. The van der Waals surface area contributed by atoms with Gasteiger partial charge in [0.2, 0.25) is 0 Å². The van der Waals surface area contributed by atoms with E-state index in [1.165, 1.54) is 0 Å². The summed E-state index contributed by atoms with van der Waals surface area (Å²) >= 11 is 6.05. The van der Waals surface area contributed by atoms with Crippen LogP contribution in [0.3, 0.4) is 0 Å². The van der Waals surface area contributed by atoms with E-state index in [0.29, 0.717) is 18.1 Å². The third-order valence-corrected chi connectivity index (χ3v) is 3.12. The summed E-state index contributed by atoms with van der Waals surface area (Å²) < 4.78 is 1.84. The van der Waals surface area contributed by atoms with Crippen molar-refractivity contribution < 1.29 is 9.90 Å². The molecule has 0 spiro atoms. The van der Waals surface area contributed by atoms with Crippen LogP contribution in [0.25, 0.3) is 0 Å². The van der Waals surface area contributed by atoms with Gasteiger partial charge in [-0.3, -0.25) is 9.48 Å². The van der Waals surface area contributed by atoms with Crippen molar-refractivity contribution in [2.45, 2.75) is 39.8 Å². The summed E-state index contributed by atoms with van der Waals surface area (Å²) in [5, 5.41) is 16.7. The maximum absolute atomic E-state index is 10.4. The Bertz CT molecular complexity index is 404. The van der Waals surface area contributed by atoms with Crippen LogP contribution in [0.2, 0.25) is 5.02 Å². The van der Waals surface area contributed by atoms with Gasteiger partial charge in [-0.2, -0.15) is 5.10 Å². The molecule has 0 fully saturated rings. The molecule has 6 heteroatoms. The lowest BCUT2D eigenvalue weighted by Gasteiger charge is -2.14. The fourth-order valence-electron chi connectivity index (χ4n) is 1.60. The van der Waals surface area contributed by atoms with Gasteiger partial charge in [-0.1, -0.05) is 11.6 Å². The third kappa shape index (κ3) is 4.02. The molecule has 0 aliphatic heterocycles. The van der Waals surface area contributed by atoms with E-state index in [0.717, 1.165) is 11.4 Å². The molecular weight excluding hydrogens is 242 g/mol. The van der Waals surface area contributed by atoms with Crippen LogP contribution in [0.1, 0.15) is 24.7 Å². The number of nitrogens with zero attached hydrogens (tertiary/aromatic N) is 2. The number of carbonyl (C=O) groups is 1. The van der Waals surface area contributed by atoms with Crippen LogP contribution in [-0.4, -0.2) is 33.4 Å². The van der Waals surface area contributed by atoms with Crippen molar-refractivity contribution in [3.05, 3.63) is 16.4 Å². The lowest BCUT2D eigenvalue weighted by atomic mass is 10.3. The molecule has 1 aromatic heterocycles. The number of aryl methyl sites for hydroxylation is 1. The predicted octanol–water partition coefficient (Wildman–Crippen LogP) is 1.61. The second-order valence-corrected chi connectivity index (χ2v) is 4.54. The molecule has 0 aliphatic rings. The number of aliphatic carboxylic acids is 1. The molecule has 0 saturated heterocycles. The topological polar surface area (TPSA) is 67.2 Å². The van der Waals surface area contributed by atoms with Crippen molar-refractivity contribution in [2.24, 2.45) is 0 Å². The third-order valence-electron chi connectivity index (χ3n) is 2.57. The number of hydrogen-bond donors (Lipinski definition) is 2. The Labute approximate surface area is 106 Å². The molecular formula is C11H18ClN3O2. The molecule has 0 radical (unpaired) electrons. The van der Waals surface area contributed by atoms with Crippen LogP contribution >= 0.6 is 11.6 Å². The summed E-state index contributed by atoms with van der Waals surface area (Å²) in [5.41, 5.74) is 1.76. The van der Waals surface area contributed by atoms with Crippen molar-refractivity contribution in [1.29, 1.82) is 0 Å². The average molecular weight is 260 g/mol. The smallest absolute Gasteiger partial charge is 0.304 e. The quantitative estimate of drug-likeness (QED) is 0.815. The minimum Gasteiger partial charge on any atom is -0.481 e. The van der Waals surface area contributed by atoms with Gasteiger partial charge >= 0.3 is 5.97 Å². The molecule has 0 aliphatic carbocycles. The first kappa shape index (κ1) is 14.0. The summed E-state index contributed by atoms with van der Waals surface area (Å²) in [6.45, 7) is 6.93. The molecule has 1 atom stereocenters. The Hall–Kier alpha value is -1.07. The molecule has 1 aromatic rings. The Morgan fingerprint density at radius 3 is 2.71 bits per heavy atom. The molecule has 0 amide bonds. The molecule has 0 saturated carbocycles. The van der Waals surface area contributed by atoms with Gasteiger partial charge in [0.15, 0.2) is 0 Å². The van der Waals surface area contributed by atoms with Gasteiger partial charge in [0.25, 0.3) is 0 Å². The van der Waals surface area contributed by atoms with Gasteiger partial charge in [-0.25, -0.2) is 0 Å². The standard InChI is InChI=1S/C11H18ClN3O2/c1-7(13-5-4-10(16)17)6-15-9(3)11(12)8(2)14-15/h7,13H,4-6H2,1-3H3,(H,16,17)/t7-/m0/s1. The Morgan fingerprint density at radius 1 is 1.59 bits per heavy atom. The number of nitrogens with one attached hydrogen (secondary N) is 1. The van der Waals surface area contributed by atoms with Crippen LogP contribution in [0, 0.1) is 13.8 Å². The molecule has 1 rings (SSSR count). The van der Waals surface area contributed by atoms with Crippen LogP contribution in [0.5, 0.6) is 0 Å². The number of aromatic nitrogens is 2. The fraction of sp³-hybridized carbons (Fsp3) is 0.636. The zero-order chi connectivity index (χ0) is 13.0. The highest BCUT2D eigenvalue weighted by Crippen LogP contribution is 2.18. The summed E-state index contributed by atoms with van der Waals surface area (Å²) in [7, 11) is 0. The molecule has 1 heterocycles. The Kier molecular flexibility index (Phi) is 4.96. The van der Waals surface area contributed by atoms with Crippen LogP contribution < -0.4 is 5.32 Å². The largest absolute Gasteiger partial charge is 0.481 e. The maximum Gasteiger partial charge on any atom is 0.304 e. The van der Waals surface area contributed by atoms with Crippen molar-refractivity contribution in [3.63, 3.8) is 0 Å². The summed E-state index contributed by atoms with van der Waals surface area (Å²) in [6.07, 6.45) is 0.127. The molecule has 2 N–H and O–H groups in total. The van der Waals surface area contributed by atoms with E-state index >= 15 is 0 Å². The lowest BCUT2D eigenvalue weighted by Crippen LogP contribution is -2.32. The summed E-state index contributed by atoms with van der Waals surface area (Å²) in [6, 6.07) is 0.156. The molecule has 0 bridgehead atoms. The highest BCUT2D eigenvalue weighted by atomic mass is 35.5. The van der Waals surface area contributed by atoms with E-state index in [1.54, 1.807) is 0 Å². The zero-order valence-corrected chi connectivity index (χ0v) is 11.1. The lowest BCUT2D eigenvalue weighted by molar-refractivity contribution is -0.136. The van der Waals surface area contributed by atoms with Gasteiger partial charge in [0.1, 0.15) is 0 Å². The van der Waals surface area contributed by atoms with E-state index in [4.69, 9.17) is 16.7 Å². The van der Waals surface area contributed by atoms with Crippen molar-refractivity contribution in [1.82, 2.24) is 15.1 Å². The molecule has 0 unspecified atom stereocenters. The highest BCUT2D eigenvalue weighted by molar-refractivity contribution is 6.31. The average Bonchev–Trinajstić information content (AvgIpc) is 2.46. The van der Waals surface area contributed by atoms with Gasteiger partial charge in [-0.05, 0) is 20.8 Å². The summed E-state index contributed by atoms with van der Waals surface area (Å²) in [5.74, 6) is -0.793. The predicted molar refractivity (Wildman–Crippen MR) is 66.4 cm³/mol. The summed E-state index contributed by atoms with van der Waals surface area (Å²) in [4.78, 5) is 10.4. The maximum atomic E-state index is 10.4. The van der Waals surface area contributed by atoms with Crippen LogP contribution in [-0.2, 0) is 11.3 Å². The minimum atomic E-state index is -0.793. The monoisotopic (exact) mass is 259 g/mol. The first-order valence-corrected chi connectivity index (χ1v) is 5.94. The van der Waals surface area contributed by atoms with E-state index in [1.807, 2.05) is 25.5 Å². The number of hydrogen-bond acceptors (Lipinski definition) is 3. The van der Waals surface area contributed by atoms with E-state index in [-0.39, 0.29) is 12.5 Å². The van der Waals surface area contributed by atoms with Crippen molar-refractivity contribution in [3.8, 4) is 0 Å². The van der Waals surface area contributed by atoms with Gasteiger partial charge < -0.3 is 10.4 Å². The Morgan fingerprint density at radius 2 is 2.24 bits per heavy atom. The molecule has 0 aromatic carbocycles. The van der Waals surface area contributed by atoms with Crippen molar-refractivity contribution >= 4 is 17.6 Å². The minimum absolute atomic E-state index is 0.127. The Balaban J connectivity index is 2.47. The van der Waals surface area contributed by atoms with E-state index in [2.05, 4.69) is 10.4 Å². The highest BCUT2D eigenvalue weighted by Gasteiger charge is 2.11. The van der Waals surface area contributed by atoms with Crippen molar-refractivity contribution in [2.75, 3.05) is 6.54 Å². The van der Waals surface area contributed by atoms with E-state index < -0.39 is 5.97 Å². The molecule has 96 valence electrons. The number of carboxylic acid groups (broad SMARTS) is 1. The number of halogens is 1. The van der Waals surface area contributed by atoms with Gasteiger partial charge in [-0.15, -0.1) is 0 Å². The second kappa shape index (κ2) is 6.02. The second-order valence-electron chi connectivity index (χ2n) is 4.17. The van der Waals surface area contributed by atoms with Gasteiger partial charge in [0, 0.05) is 12.6 Å². The molecule has 5 nitrogen and oxygen atoms in total. The van der Waals surface area contributed by atoms with E-state index in [9.17, 15) is 4.79 Å². The first-order valence-electron chi connectivity index (χ1n) is 5.56. The van der Waals surface area contributed by atoms with Crippen LogP contribution in [0.15, 0.2) is 0 Å². The van der Waals surface area contributed by atoms with Crippen LogP contribution in [0.4, 0.5) is 0 Å². The number of carboxylic acids is 1. The zero-order valence-electron chi connectivity index (χ0n) is 10.3. The first-order chi connectivity index (χ1) is 7.91.